The average Bonchev–Trinajstić information content (AvgIpc) is 2.16. The number of anilines is 1. The molecule has 1 rings (SSSR count). The highest BCUT2D eigenvalue weighted by Gasteiger charge is 2.03. The zero-order chi connectivity index (χ0) is 10.6. The third-order valence-electron chi connectivity index (χ3n) is 1.70. The highest BCUT2D eigenvalue weighted by Crippen LogP contribution is 2.24. The minimum absolute atomic E-state index is 0.0304. The molecule has 0 radical (unpaired) electrons. The third kappa shape index (κ3) is 2.61. The van der Waals surface area contributed by atoms with Gasteiger partial charge < -0.3 is 4.74 Å². The lowest BCUT2D eigenvalue weighted by atomic mass is 10.2. The molecule has 1 aromatic carbocycles. The summed E-state index contributed by atoms with van der Waals surface area (Å²) in [5.74, 6) is 0.374. The lowest BCUT2D eigenvalue weighted by Gasteiger charge is -2.07. The molecule has 5 nitrogen and oxygen atoms in total. The van der Waals surface area contributed by atoms with Gasteiger partial charge in [0.05, 0.1) is 12.9 Å². The lowest BCUT2D eigenvalue weighted by Crippen LogP contribution is -1.96. The number of benzene rings is 1. The fourth-order valence-electron chi connectivity index (χ4n) is 1.08. The summed E-state index contributed by atoms with van der Waals surface area (Å²) in [4.78, 5) is 0. The van der Waals surface area contributed by atoms with E-state index in [0.717, 1.165) is 0 Å². The van der Waals surface area contributed by atoms with Gasteiger partial charge in [-0.05, 0) is 17.7 Å². The van der Waals surface area contributed by atoms with E-state index in [1.165, 1.54) is 7.11 Å². The van der Waals surface area contributed by atoms with Crippen molar-refractivity contribution in [3.05, 3.63) is 23.8 Å². The second-order valence-corrected chi connectivity index (χ2v) is 3.62. The first-order valence-electron chi connectivity index (χ1n) is 3.86. The Morgan fingerprint density at radius 2 is 2.21 bits per heavy atom. The molecule has 0 atom stereocenters. The lowest BCUT2D eigenvalue weighted by molar-refractivity contribution is 0.373. The van der Waals surface area contributed by atoms with E-state index in [4.69, 9.17) is 9.94 Å². The minimum atomic E-state index is -2.45. The molecule has 0 saturated heterocycles. The molecule has 0 spiro atoms. The second kappa shape index (κ2) is 4.83. The molecule has 0 amide bonds. The number of thiol groups is 1. The van der Waals surface area contributed by atoms with Gasteiger partial charge in [0.25, 0.3) is 0 Å². The number of ether oxygens (including phenoxy) is 1. The van der Waals surface area contributed by atoms with Gasteiger partial charge in [0.15, 0.2) is 0 Å². The molecule has 1 aromatic rings. The number of hydrogen-bond acceptors (Lipinski definition) is 5. The molecule has 0 unspecified atom stereocenters. The first-order valence-corrected chi connectivity index (χ1v) is 5.22. The molecule has 0 fully saturated rings. The molecule has 6 heteroatoms. The van der Waals surface area contributed by atoms with Crippen LogP contribution in [-0.4, -0.2) is 20.7 Å². The van der Waals surface area contributed by atoms with Crippen molar-refractivity contribution in [1.82, 2.24) is 0 Å². The summed E-state index contributed by atoms with van der Waals surface area (Å²) < 4.78 is 25.8. The molecular formula is C8H11NO4S. The molecular weight excluding hydrogens is 206 g/mol. The molecule has 14 heavy (non-hydrogen) atoms. The van der Waals surface area contributed by atoms with Crippen LogP contribution in [0.3, 0.4) is 0 Å². The van der Waals surface area contributed by atoms with Crippen molar-refractivity contribution in [3.8, 4) is 5.75 Å². The number of nitrogens with one attached hydrogen (secondary N) is 1. The van der Waals surface area contributed by atoms with E-state index in [9.17, 15) is 8.42 Å². The molecule has 78 valence electrons. The molecule has 0 saturated carbocycles. The van der Waals surface area contributed by atoms with Crippen LogP contribution in [0.1, 0.15) is 5.56 Å². The van der Waals surface area contributed by atoms with Gasteiger partial charge in [-0.3, -0.25) is 10.7 Å². The van der Waals surface area contributed by atoms with Gasteiger partial charge in [-0.15, -0.1) is 0 Å². The van der Waals surface area contributed by atoms with Crippen LogP contribution < -0.4 is 10.2 Å². The summed E-state index contributed by atoms with van der Waals surface area (Å²) >= 11 is 0. The Balaban J connectivity index is 3.00. The van der Waals surface area contributed by atoms with Gasteiger partial charge in [0.1, 0.15) is 22.1 Å². The first kappa shape index (κ1) is 10.8. The fourth-order valence-corrected chi connectivity index (χ4v) is 1.57. The van der Waals surface area contributed by atoms with Crippen LogP contribution in [0.5, 0.6) is 5.75 Å². The van der Waals surface area contributed by atoms with Gasteiger partial charge in [-0.25, -0.2) is 8.42 Å². The first-order chi connectivity index (χ1) is 6.67. The van der Waals surface area contributed by atoms with Gasteiger partial charge >= 0.3 is 0 Å². The summed E-state index contributed by atoms with van der Waals surface area (Å²) in [6.45, 7) is 0. The predicted octanol–water partition coefficient (Wildman–Crippen LogP) is 0.608. The van der Waals surface area contributed by atoms with E-state index < -0.39 is 10.7 Å². The van der Waals surface area contributed by atoms with Crippen LogP contribution in [-0.2, 0) is 16.5 Å². The van der Waals surface area contributed by atoms with Crippen LogP contribution in [0.15, 0.2) is 18.2 Å². The normalized spacial score (nSPS) is 10.2. The van der Waals surface area contributed by atoms with E-state index in [0.29, 0.717) is 17.0 Å². The Bertz CT molecular complexity index is 381. The van der Waals surface area contributed by atoms with Crippen LogP contribution in [0.4, 0.5) is 5.69 Å². The van der Waals surface area contributed by atoms with E-state index >= 15 is 0 Å². The monoisotopic (exact) mass is 217 g/mol. The highest BCUT2D eigenvalue weighted by atomic mass is 32.2. The van der Waals surface area contributed by atoms with E-state index in [1.54, 1.807) is 18.2 Å². The van der Waals surface area contributed by atoms with Crippen molar-refractivity contribution in [1.29, 1.82) is 0 Å². The largest absolute Gasteiger partial charge is 0.494 e. The second-order valence-electron chi connectivity index (χ2n) is 2.64. The predicted molar refractivity (Wildman–Crippen MR) is 52.4 cm³/mol. The van der Waals surface area contributed by atoms with Gasteiger partial charge in [-0.1, -0.05) is 6.07 Å². The molecule has 0 bridgehead atoms. The van der Waals surface area contributed by atoms with E-state index in [-0.39, 0.29) is 5.75 Å². The van der Waals surface area contributed by atoms with E-state index in [2.05, 4.69) is 0 Å². The van der Waals surface area contributed by atoms with Crippen molar-refractivity contribution in [2.24, 2.45) is 0 Å². The van der Waals surface area contributed by atoms with Crippen molar-refractivity contribution in [2.45, 2.75) is 5.75 Å². The summed E-state index contributed by atoms with van der Waals surface area (Å²) in [6, 6.07) is 4.71. The maximum Gasteiger partial charge on any atom is 0.144 e. The Kier molecular flexibility index (Phi) is 3.73. The molecule has 0 aromatic heterocycles. The molecule has 2 N–H and O–H groups in total. The van der Waals surface area contributed by atoms with Crippen molar-refractivity contribution in [2.75, 3.05) is 12.6 Å². The Hall–Kier alpha value is -1.27. The average molecular weight is 217 g/mol. The molecule has 0 aliphatic rings. The zero-order valence-corrected chi connectivity index (χ0v) is 8.45. The van der Waals surface area contributed by atoms with Gasteiger partial charge in [0.2, 0.25) is 0 Å². The Labute approximate surface area is 83.2 Å². The smallest absolute Gasteiger partial charge is 0.144 e. The van der Waals surface area contributed by atoms with Crippen molar-refractivity contribution < 1.29 is 18.4 Å². The van der Waals surface area contributed by atoms with Crippen LogP contribution in [0.25, 0.3) is 0 Å². The summed E-state index contributed by atoms with van der Waals surface area (Å²) in [5.41, 5.74) is 2.97. The van der Waals surface area contributed by atoms with Crippen LogP contribution >= 0.6 is 0 Å². The van der Waals surface area contributed by atoms with Gasteiger partial charge in [0, 0.05) is 0 Å². The topological polar surface area (TPSA) is 75.6 Å². The summed E-state index contributed by atoms with van der Waals surface area (Å²) in [7, 11) is -1.00. The maximum atomic E-state index is 10.5. The minimum Gasteiger partial charge on any atom is -0.494 e. The fraction of sp³-hybridized carbons (Fsp3) is 0.250. The number of hydrogen-bond donors (Lipinski definition) is 3. The molecule has 0 aliphatic heterocycles. The summed E-state index contributed by atoms with van der Waals surface area (Å²) in [5, 5.41) is 8.67. The third-order valence-corrected chi connectivity index (χ3v) is 2.32. The van der Waals surface area contributed by atoms with E-state index in [1.807, 2.05) is 5.48 Å². The zero-order valence-electron chi connectivity index (χ0n) is 7.56. The Morgan fingerprint density at radius 3 is 2.71 bits per heavy atom. The highest BCUT2D eigenvalue weighted by molar-refractivity contribution is 7.71. The van der Waals surface area contributed by atoms with Crippen LogP contribution in [0, 0.1) is 0 Å². The van der Waals surface area contributed by atoms with Crippen molar-refractivity contribution >= 4 is 16.4 Å². The molecule has 0 heterocycles. The van der Waals surface area contributed by atoms with Crippen LogP contribution in [0.2, 0.25) is 0 Å². The van der Waals surface area contributed by atoms with Gasteiger partial charge in [-0.2, -0.15) is 0 Å². The number of rotatable bonds is 4. The Morgan fingerprint density at radius 1 is 1.50 bits per heavy atom. The standard InChI is InChI=1S/C8H11NO4S/c1-13-8-4-6(5-14(11)12)2-3-7(8)9-10/h2-4,9-10,14H,5H2,1H3. The summed E-state index contributed by atoms with van der Waals surface area (Å²) in [6.07, 6.45) is 0. The maximum absolute atomic E-state index is 10.5. The molecule has 0 aliphatic carbocycles. The SMILES string of the molecule is COc1cc(C[SH](=O)=O)ccc1NO. The van der Waals surface area contributed by atoms with Crippen molar-refractivity contribution in [3.63, 3.8) is 0 Å². The number of methoxy groups -OCH3 is 1. The quantitative estimate of drug-likeness (QED) is 0.509.